The Hall–Kier alpha value is -1.27. The number of hydrogen-bond donors (Lipinski definition) is 1. The van der Waals surface area contributed by atoms with E-state index in [1.54, 1.807) is 6.07 Å². The number of benzene rings is 1. The number of ether oxygens (including phenoxy) is 1. The zero-order valence-electron chi connectivity index (χ0n) is 11.9. The molecule has 0 unspecified atom stereocenters. The standard InChI is InChI=1S/C13H19BFNO3/c1-12(2)13(3,4)19-14(18-12)9-6-8(16)7-10(15)11(9)17-5/h6-7H,16H2,1-5H3. The van der Waals surface area contributed by atoms with E-state index in [1.165, 1.54) is 13.2 Å². The lowest BCUT2D eigenvalue weighted by atomic mass is 9.78. The van der Waals surface area contributed by atoms with Crippen LogP contribution >= 0.6 is 0 Å². The van der Waals surface area contributed by atoms with Crippen molar-refractivity contribution in [1.29, 1.82) is 0 Å². The largest absolute Gasteiger partial charge is 0.498 e. The summed E-state index contributed by atoms with van der Waals surface area (Å²) in [5.74, 6) is -0.417. The van der Waals surface area contributed by atoms with Gasteiger partial charge in [0.2, 0.25) is 0 Å². The summed E-state index contributed by atoms with van der Waals surface area (Å²) in [5, 5.41) is 0. The van der Waals surface area contributed by atoms with Crippen molar-refractivity contribution in [2.75, 3.05) is 12.8 Å². The van der Waals surface area contributed by atoms with Crippen LogP contribution in [0.4, 0.5) is 10.1 Å². The molecule has 0 aromatic heterocycles. The molecular formula is C13H19BFNO3. The Labute approximate surface area is 113 Å². The summed E-state index contributed by atoms with van der Waals surface area (Å²) in [6.07, 6.45) is 0. The van der Waals surface area contributed by atoms with E-state index in [0.717, 1.165) is 0 Å². The quantitative estimate of drug-likeness (QED) is 0.654. The summed E-state index contributed by atoms with van der Waals surface area (Å²) in [7, 11) is 0.710. The molecule has 1 aromatic rings. The van der Waals surface area contributed by atoms with Gasteiger partial charge in [0.1, 0.15) is 0 Å². The van der Waals surface area contributed by atoms with Crippen molar-refractivity contribution in [2.45, 2.75) is 38.9 Å². The van der Waals surface area contributed by atoms with Crippen LogP contribution in [-0.4, -0.2) is 25.4 Å². The van der Waals surface area contributed by atoms with Gasteiger partial charge in [0.05, 0.1) is 18.3 Å². The highest BCUT2D eigenvalue weighted by Crippen LogP contribution is 2.37. The molecule has 2 N–H and O–H groups in total. The number of anilines is 1. The fourth-order valence-corrected chi connectivity index (χ4v) is 2.00. The van der Waals surface area contributed by atoms with Crippen LogP contribution in [-0.2, 0) is 9.31 Å². The lowest BCUT2D eigenvalue weighted by Crippen LogP contribution is -2.41. The topological polar surface area (TPSA) is 53.7 Å². The molecule has 19 heavy (non-hydrogen) atoms. The number of nitrogen functional groups attached to an aromatic ring is 1. The van der Waals surface area contributed by atoms with Gasteiger partial charge in [-0.15, -0.1) is 0 Å². The molecule has 0 saturated carbocycles. The number of methoxy groups -OCH3 is 1. The normalized spacial score (nSPS) is 20.6. The predicted octanol–water partition coefficient (Wildman–Crippen LogP) is 1.72. The highest BCUT2D eigenvalue weighted by atomic mass is 19.1. The molecule has 1 fully saturated rings. The Balaban J connectivity index is 2.45. The monoisotopic (exact) mass is 267 g/mol. The summed E-state index contributed by atoms with van der Waals surface area (Å²) in [6, 6.07) is 2.83. The maximum Gasteiger partial charge on any atom is 0.498 e. The molecule has 0 spiro atoms. The molecule has 0 amide bonds. The average molecular weight is 267 g/mol. The highest BCUT2D eigenvalue weighted by molar-refractivity contribution is 6.63. The molecule has 1 heterocycles. The summed E-state index contributed by atoms with van der Waals surface area (Å²) >= 11 is 0. The maximum atomic E-state index is 13.8. The first-order valence-corrected chi connectivity index (χ1v) is 6.16. The molecule has 1 aliphatic rings. The van der Waals surface area contributed by atoms with Crippen LogP contribution in [0.1, 0.15) is 27.7 Å². The van der Waals surface area contributed by atoms with Gasteiger partial charge in [-0.1, -0.05) is 0 Å². The predicted molar refractivity (Wildman–Crippen MR) is 73.1 cm³/mol. The minimum Gasteiger partial charge on any atom is -0.494 e. The molecule has 0 atom stereocenters. The second-order valence-corrected chi connectivity index (χ2v) is 5.71. The summed E-state index contributed by atoms with van der Waals surface area (Å²) < 4.78 is 30.7. The van der Waals surface area contributed by atoms with Gasteiger partial charge in [-0.25, -0.2) is 4.39 Å². The molecule has 104 valence electrons. The van der Waals surface area contributed by atoms with Gasteiger partial charge in [0, 0.05) is 17.2 Å². The Kier molecular flexibility index (Phi) is 3.27. The van der Waals surface area contributed by atoms with Crippen molar-refractivity contribution in [3.8, 4) is 5.75 Å². The van der Waals surface area contributed by atoms with Crippen molar-refractivity contribution < 1.29 is 18.4 Å². The number of halogens is 1. The van der Waals surface area contributed by atoms with Crippen LogP contribution in [0, 0.1) is 5.82 Å². The number of nitrogens with two attached hydrogens (primary N) is 1. The zero-order chi connectivity index (χ0) is 14.4. The van der Waals surface area contributed by atoms with Gasteiger partial charge < -0.3 is 19.8 Å². The summed E-state index contributed by atoms with van der Waals surface area (Å²) in [4.78, 5) is 0. The van der Waals surface area contributed by atoms with E-state index in [1.807, 2.05) is 27.7 Å². The summed E-state index contributed by atoms with van der Waals surface area (Å²) in [6.45, 7) is 7.73. The Morgan fingerprint density at radius 2 is 1.68 bits per heavy atom. The first-order valence-electron chi connectivity index (χ1n) is 6.16. The first kappa shape index (κ1) is 14.2. The van der Waals surface area contributed by atoms with Gasteiger partial charge >= 0.3 is 7.12 Å². The van der Waals surface area contributed by atoms with Gasteiger partial charge in [0.15, 0.2) is 11.6 Å². The first-order chi connectivity index (χ1) is 8.68. The van der Waals surface area contributed by atoms with Crippen molar-refractivity contribution in [3.63, 3.8) is 0 Å². The lowest BCUT2D eigenvalue weighted by Gasteiger charge is -2.32. The van der Waals surface area contributed by atoms with Crippen LogP contribution in [0.3, 0.4) is 0 Å². The third-order valence-corrected chi connectivity index (χ3v) is 3.81. The third-order valence-electron chi connectivity index (χ3n) is 3.81. The van der Waals surface area contributed by atoms with E-state index in [-0.39, 0.29) is 5.75 Å². The van der Waals surface area contributed by atoms with Crippen LogP contribution in [0.5, 0.6) is 5.75 Å². The van der Waals surface area contributed by atoms with Gasteiger partial charge in [0.25, 0.3) is 0 Å². The van der Waals surface area contributed by atoms with Gasteiger partial charge in [-0.05, 0) is 33.8 Å². The highest BCUT2D eigenvalue weighted by Gasteiger charge is 2.52. The average Bonchev–Trinajstić information content (AvgIpc) is 2.47. The Bertz CT molecular complexity index is 489. The van der Waals surface area contributed by atoms with E-state index in [4.69, 9.17) is 19.8 Å². The number of hydrogen-bond acceptors (Lipinski definition) is 4. The van der Waals surface area contributed by atoms with Gasteiger partial charge in [-0.3, -0.25) is 0 Å². The molecule has 2 rings (SSSR count). The smallest absolute Gasteiger partial charge is 0.494 e. The number of rotatable bonds is 2. The van der Waals surface area contributed by atoms with Crippen LogP contribution in [0.2, 0.25) is 0 Å². The van der Waals surface area contributed by atoms with E-state index in [9.17, 15) is 4.39 Å². The second kappa shape index (κ2) is 4.39. The molecule has 0 aliphatic carbocycles. The minimum atomic E-state index is -0.696. The molecular weight excluding hydrogens is 248 g/mol. The fourth-order valence-electron chi connectivity index (χ4n) is 2.00. The van der Waals surface area contributed by atoms with Gasteiger partial charge in [-0.2, -0.15) is 0 Å². The van der Waals surface area contributed by atoms with Crippen molar-refractivity contribution in [1.82, 2.24) is 0 Å². The van der Waals surface area contributed by atoms with E-state index in [0.29, 0.717) is 11.2 Å². The van der Waals surface area contributed by atoms with E-state index in [2.05, 4.69) is 0 Å². The van der Waals surface area contributed by atoms with Crippen molar-refractivity contribution in [3.05, 3.63) is 17.9 Å². The summed E-state index contributed by atoms with van der Waals surface area (Å²) in [5.41, 5.74) is 5.47. The molecule has 0 radical (unpaired) electrons. The molecule has 1 aromatic carbocycles. The molecule has 4 nitrogen and oxygen atoms in total. The zero-order valence-corrected chi connectivity index (χ0v) is 11.9. The van der Waals surface area contributed by atoms with Crippen LogP contribution in [0.15, 0.2) is 12.1 Å². The second-order valence-electron chi connectivity index (χ2n) is 5.71. The van der Waals surface area contributed by atoms with Crippen molar-refractivity contribution >= 4 is 18.3 Å². The van der Waals surface area contributed by atoms with E-state index >= 15 is 0 Å². The van der Waals surface area contributed by atoms with Crippen molar-refractivity contribution in [2.24, 2.45) is 0 Å². The molecule has 1 saturated heterocycles. The molecule has 6 heteroatoms. The molecule has 1 aliphatic heterocycles. The fraction of sp³-hybridized carbons (Fsp3) is 0.538. The van der Waals surface area contributed by atoms with E-state index < -0.39 is 24.1 Å². The Morgan fingerprint density at radius 3 is 2.16 bits per heavy atom. The SMILES string of the molecule is COc1c(F)cc(N)cc1B1OC(C)(C)C(C)(C)O1. The van der Waals surface area contributed by atoms with Crippen LogP contribution < -0.4 is 15.9 Å². The lowest BCUT2D eigenvalue weighted by molar-refractivity contribution is 0.00578. The third kappa shape index (κ3) is 2.30. The maximum absolute atomic E-state index is 13.8. The minimum absolute atomic E-state index is 0.104. The molecule has 0 bridgehead atoms. The van der Waals surface area contributed by atoms with Crippen LogP contribution in [0.25, 0.3) is 0 Å². The Morgan fingerprint density at radius 1 is 1.16 bits per heavy atom.